The zero-order valence-corrected chi connectivity index (χ0v) is 12.1. The number of rotatable bonds is 5. The molecular weight excluding hydrogens is 246 g/mol. The van der Waals surface area contributed by atoms with Crippen LogP contribution in [0.5, 0.6) is 11.5 Å². The highest BCUT2D eigenvalue weighted by molar-refractivity contribution is 7.98. The highest BCUT2D eigenvalue weighted by Gasteiger charge is 2.18. The summed E-state index contributed by atoms with van der Waals surface area (Å²) < 4.78 is 11.3. The minimum absolute atomic E-state index is 0.383. The summed E-state index contributed by atoms with van der Waals surface area (Å²) in [7, 11) is 2.02. The Balaban J connectivity index is 2.25. The SMILES string of the molecule is CNC(CCSC)c1cc2c(cc1C)OCCO2. The van der Waals surface area contributed by atoms with E-state index in [-0.39, 0.29) is 0 Å². The van der Waals surface area contributed by atoms with Crippen LogP contribution >= 0.6 is 11.8 Å². The number of thioether (sulfide) groups is 1. The third kappa shape index (κ3) is 2.93. The van der Waals surface area contributed by atoms with Crippen LogP contribution in [0.25, 0.3) is 0 Å². The van der Waals surface area contributed by atoms with E-state index in [9.17, 15) is 0 Å². The molecule has 3 nitrogen and oxygen atoms in total. The topological polar surface area (TPSA) is 30.5 Å². The lowest BCUT2D eigenvalue weighted by atomic mass is 9.98. The van der Waals surface area contributed by atoms with E-state index in [1.807, 2.05) is 18.8 Å². The van der Waals surface area contributed by atoms with Crippen LogP contribution < -0.4 is 14.8 Å². The Kier molecular flexibility index (Phi) is 4.78. The van der Waals surface area contributed by atoms with Gasteiger partial charge in [-0.3, -0.25) is 0 Å². The van der Waals surface area contributed by atoms with Gasteiger partial charge in [-0.15, -0.1) is 0 Å². The lowest BCUT2D eigenvalue weighted by Crippen LogP contribution is -2.20. The van der Waals surface area contributed by atoms with Crippen LogP contribution in [-0.4, -0.2) is 32.3 Å². The van der Waals surface area contributed by atoms with Gasteiger partial charge in [0.1, 0.15) is 13.2 Å². The molecule has 4 heteroatoms. The van der Waals surface area contributed by atoms with Gasteiger partial charge in [-0.1, -0.05) is 0 Å². The predicted octanol–water partition coefficient (Wildman–Crippen LogP) is 2.78. The zero-order chi connectivity index (χ0) is 13.0. The fourth-order valence-electron chi connectivity index (χ4n) is 2.27. The summed E-state index contributed by atoms with van der Waals surface area (Å²) in [5.74, 6) is 2.91. The van der Waals surface area contributed by atoms with Crippen LogP contribution in [-0.2, 0) is 0 Å². The molecule has 0 amide bonds. The van der Waals surface area contributed by atoms with Crippen molar-refractivity contribution < 1.29 is 9.47 Å². The Bertz CT molecular complexity index is 409. The van der Waals surface area contributed by atoms with Crippen molar-refractivity contribution in [3.05, 3.63) is 23.3 Å². The van der Waals surface area contributed by atoms with Gasteiger partial charge in [-0.25, -0.2) is 0 Å². The Labute approximate surface area is 113 Å². The first kappa shape index (κ1) is 13.6. The van der Waals surface area contributed by atoms with Crippen molar-refractivity contribution in [2.45, 2.75) is 19.4 Å². The first-order valence-electron chi connectivity index (χ1n) is 6.32. The Morgan fingerprint density at radius 2 is 1.94 bits per heavy atom. The molecule has 1 aromatic rings. The van der Waals surface area contributed by atoms with Gasteiger partial charge in [0, 0.05) is 6.04 Å². The standard InChI is InChI=1S/C14H21NO2S/c1-10-8-13-14(17-6-5-16-13)9-11(10)12(15-2)4-7-18-3/h8-9,12,15H,4-7H2,1-3H3. The molecule has 1 N–H and O–H groups in total. The second kappa shape index (κ2) is 6.34. The van der Waals surface area contributed by atoms with Gasteiger partial charge in [-0.2, -0.15) is 11.8 Å². The summed E-state index contributed by atoms with van der Waals surface area (Å²) in [6, 6.07) is 4.60. The number of ether oxygens (including phenoxy) is 2. The fourth-order valence-corrected chi connectivity index (χ4v) is 2.74. The molecule has 0 bridgehead atoms. The van der Waals surface area contributed by atoms with E-state index in [1.54, 1.807) is 0 Å². The minimum atomic E-state index is 0.383. The van der Waals surface area contributed by atoms with Gasteiger partial charge in [-0.05, 0) is 55.7 Å². The summed E-state index contributed by atoms with van der Waals surface area (Å²) in [5.41, 5.74) is 2.58. The lowest BCUT2D eigenvalue weighted by Gasteiger charge is -2.24. The van der Waals surface area contributed by atoms with Crippen molar-refractivity contribution in [3.63, 3.8) is 0 Å². The molecule has 1 unspecified atom stereocenters. The third-order valence-electron chi connectivity index (χ3n) is 3.27. The maximum atomic E-state index is 5.66. The van der Waals surface area contributed by atoms with Gasteiger partial charge >= 0.3 is 0 Å². The number of hydrogen-bond acceptors (Lipinski definition) is 4. The van der Waals surface area contributed by atoms with Gasteiger partial charge in [0.15, 0.2) is 11.5 Å². The summed E-state index contributed by atoms with van der Waals surface area (Å²) in [6.07, 6.45) is 3.27. The van der Waals surface area contributed by atoms with Gasteiger partial charge in [0.05, 0.1) is 0 Å². The third-order valence-corrected chi connectivity index (χ3v) is 3.91. The second-order valence-electron chi connectivity index (χ2n) is 4.48. The van der Waals surface area contributed by atoms with Crippen LogP contribution in [0.4, 0.5) is 0 Å². The molecule has 0 radical (unpaired) electrons. The molecule has 1 heterocycles. The monoisotopic (exact) mass is 267 g/mol. The van der Waals surface area contributed by atoms with E-state index in [2.05, 4.69) is 30.6 Å². The quantitative estimate of drug-likeness (QED) is 0.888. The number of nitrogens with one attached hydrogen (secondary N) is 1. The number of hydrogen-bond donors (Lipinski definition) is 1. The van der Waals surface area contributed by atoms with Gasteiger partial charge in [0.25, 0.3) is 0 Å². The second-order valence-corrected chi connectivity index (χ2v) is 5.46. The summed E-state index contributed by atoms with van der Waals surface area (Å²) in [4.78, 5) is 0. The zero-order valence-electron chi connectivity index (χ0n) is 11.3. The maximum Gasteiger partial charge on any atom is 0.161 e. The largest absolute Gasteiger partial charge is 0.486 e. The maximum absolute atomic E-state index is 5.66. The Morgan fingerprint density at radius 3 is 2.56 bits per heavy atom. The molecule has 2 rings (SSSR count). The minimum Gasteiger partial charge on any atom is -0.486 e. The average Bonchev–Trinajstić information content (AvgIpc) is 2.40. The smallest absolute Gasteiger partial charge is 0.161 e. The predicted molar refractivity (Wildman–Crippen MR) is 77.0 cm³/mol. The van der Waals surface area contributed by atoms with Gasteiger partial charge in [0.2, 0.25) is 0 Å². The molecule has 1 aliphatic heterocycles. The van der Waals surface area contributed by atoms with Crippen LogP contribution in [0.1, 0.15) is 23.6 Å². The summed E-state index contributed by atoms with van der Waals surface area (Å²) in [5, 5.41) is 3.39. The molecule has 0 spiro atoms. The average molecular weight is 267 g/mol. The molecule has 0 saturated carbocycles. The molecule has 0 saturated heterocycles. The van der Waals surface area contributed by atoms with Crippen molar-refractivity contribution in [3.8, 4) is 11.5 Å². The number of fused-ring (bicyclic) bond motifs is 1. The van der Waals surface area contributed by atoms with E-state index in [1.165, 1.54) is 11.1 Å². The van der Waals surface area contributed by atoms with E-state index in [0.717, 1.165) is 23.7 Å². The van der Waals surface area contributed by atoms with E-state index in [4.69, 9.17) is 9.47 Å². The molecular formula is C14H21NO2S. The molecule has 0 aromatic heterocycles. The molecule has 18 heavy (non-hydrogen) atoms. The first-order valence-corrected chi connectivity index (χ1v) is 7.72. The molecule has 0 aliphatic carbocycles. The van der Waals surface area contributed by atoms with E-state index in [0.29, 0.717) is 19.3 Å². The highest BCUT2D eigenvalue weighted by atomic mass is 32.2. The van der Waals surface area contributed by atoms with Crippen LogP contribution in [0.2, 0.25) is 0 Å². The Morgan fingerprint density at radius 1 is 1.28 bits per heavy atom. The number of aryl methyl sites for hydroxylation is 1. The molecule has 1 aliphatic rings. The summed E-state index contributed by atoms with van der Waals surface area (Å²) in [6.45, 7) is 3.43. The number of benzene rings is 1. The highest BCUT2D eigenvalue weighted by Crippen LogP contribution is 2.35. The summed E-state index contributed by atoms with van der Waals surface area (Å²) >= 11 is 1.88. The fraction of sp³-hybridized carbons (Fsp3) is 0.571. The molecule has 100 valence electrons. The lowest BCUT2D eigenvalue weighted by molar-refractivity contribution is 0.171. The van der Waals surface area contributed by atoms with Crippen LogP contribution in [0.15, 0.2) is 12.1 Å². The van der Waals surface area contributed by atoms with E-state index >= 15 is 0 Å². The molecule has 1 aromatic carbocycles. The molecule has 1 atom stereocenters. The van der Waals surface area contributed by atoms with Crippen molar-refractivity contribution >= 4 is 11.8 Å². The Hall–Kier alpha value is -0.870. The normalized spacial score (nSPS) is 15.5. The van der Waals surface area contributed by atoms with Crippen LogP contribution in [0.3, 0.4) is 0 Å². The van der Waals surface area contributed by atoms with Crippen molar-refractivity contribution in [2.24, 2.45) is 0 Å². The van der Waals surface area contributed by atoms with Crippen LogP contribution in [0, 0.1) is 6.92 Å². The first-order chi connectivity index (χ1) is 8.76. The van der Waals surface area contributed by atoms with Gasteiger partial charge < -0.3 is 14.8 Å². The van der Waals surface area contributed by atoms with Crippen molar-refractivity contribution in [1.29, 1.82) is 0 Å². The van der Waals surface area contributed by atoms with E-state index < -0.39 is 0 Å². The van der Waals surface area contributed by atoms with Crippen molar-refractivity contribution in [1.82, 2.24) is 5.32 Å². The molecule has 0 fully saturated rings. The van der Waals surface area contributed by atoms with Crippen molar-refractivity contribution in [2.75, 3.05) is 32.3 Å².